The van der Waals surface area contributed by atoms with Crippen molar-refractivity contribution in [3.8, 4) is 17.0 Å². The smallest absolute Gasteiger partial charge is 0.269 e. The highest BCUT2D eigenvalue weighted by Crippen LogP contribution is 2.28. The van der Waals surface area contributed by atoms with Gasteiger partial charge in [-0.2, -0.15) is 0 Å². The summed E-state index contributed by atoms with van der Waals surface area (Å²) < 4.78 is 7.12. The number of benzene rings is 2. The Morgan fingerprint density at radius 1 is 1.06 bits per heavy atom. The number of tetrazole rings is 1. The third-order valence-electron chi connectivity index (χ3n) is 4.32. The Labute approximate surface area is 181 Å². The van der Waals surface area contributed by atoms with Gasteiger partial charge in [0.25, 0.3) is 5.91 Å². The summed E-state index contributed by atoms with van der Waals surface area (Å²) in [4.78, 5) is 28.4. The summed E-state index contributed by atoms with van der Waals surface area (Å²) in [6.07, 6.45) is 3.36. The van der Waals surface area contributed by atoms with E-state index < -0.39 is 5.91 Å². The minimum absolute atomic E-state index is 0.0843. The lowest BCUT2D eigenvalue weighted by Crippen LogP contribution is -2.41. The van der Waals surface area contributed by atoms with Gasteiger partial charge in [-0.05, 0) is 46.8 Å². The lowest BCUT2D eigenvalue weighted by molar-refractivity contribution is -0.121. The molecule has 2 N–H and O–H groups in total. The number of nitrogens with one attached hydrogen (secondary N) is 2. The number of rotatable bonds is 6. The molecule has 10 nitrogen and oxygen atoms in total. The van der Waals surface area contributed by atoms with E-state index in [-0.39, 0.29) is 18.7 Å². The van der Waals surface area contributed by atoms with Crippen LogP contribution in [0.5, 0.6) is 0 Å². The molecule has 0 saturated heterocycles. The average molecular weight is 438 g/mol. The van der Waals surface area contributed by atoms with Crippen molar-refractivity contribution in [2.45, 2.75) is 12.8 Å². The van der Waals surface area contributed by atoms with Gasteiger partial charge in [-0.1, -0.05) is 23.7 Å². The number of nitrogens with zero attached hydrogens (tertiary/aromatic N) is 5. The molecule has 0 unspecified atom stereocenters. The Hall–Kier alpha value is -4.05. The van der Waals surface area contributed by atoms with Crippen molar-refractivity contribution in [3.63, 3.8) is 0 Å². The number of carbonyl (C=O) groups excluding carboxylic acids is 2. The zero-order chi connectivity index (χ0) is 21.6. The largest absolute Gasteiger partial charge is 0.441 e. The molecule has 2 aromatic heterocycles. The molecule has 156 valence electrons. The van der Waals surface area contributed by atoms with Gasteiger partial charge in [-0.25, -0.2) is 9.67 Å². The number of hydrogen-bond acceptors (Lipinski definition) is 7. The molecule has 0 atom stereocenters. The van der Waals surface area contributed by atoms with Crippen molar-refractivity contribution in [1.29, 1.82) is 0 Å². The second kappa shape index (κ2) is 9.18. The standard InChI is InChI=1S/C20H16ClN7O3/c21-16-4-2-1-3-15(16)17-11-22-19(31-17)10-9-18(29)24-25-20(30)13-5-7-14(8-6-13)28-12-23-26-27-28/h1-8,11-12H,9-10H2,(H,24,29)(H,25,30). The monoisotopic (exact) mass is 437 g/mol. The van der Waals surface area contributed by atoms with Crippen LogP contribution in [0, 0.1) is 0 Å². The van der Waals surface area contributed by atoms with E-state index in [1.165, 1.54) is 11.0 Å². The van der Waals surface area contributed by atoms with Gasteiger partial charge < -0.3 is 4.42 Å². The quantitative estimate of drug-likeness (QED) is 0.443. The Kier molecular flexibility index (Phi) is 5.99. The first-order chi connectivity index (χ1) is 15.1. The third-order valence-corrected chi connectivity index (χ3v) is 4.65. The fraction of sp³-hybridized carbons (Fsp3) is 0.100. The maximum absolute atomic E-state index is 12.2. The van der Waals surface area contributed by atoms with Crippen molar-refractivity contribution in [3.05, 3.63) is 77.5 Å². The third kappa shape index (κ3) is 4.93. The number of hydrazine groups is 1. The van der Waals surface area contributed by atoms with E-state index in [0.717, 1.165) is 5.56 Å². The van der Waals surface area contributed by atoms with Gasteiger partial charge in [0.1, 0.15) is 6.33 Å². The van der Waals surface area contributed by atoms with Crippen LogP contribution >= 0.6 is 11.6 Å². The Morgan fingerprint density at radius 3 is 2.61 bits per heavy atom. The number of amides is 2. The lowest BCUT2D eigenvalue weighted by atomic mass is 10.2. The minimum atomic E-state index is -0.450. The highest BCUT2D eigenvalue weighted by atomic mass is 35.5. The zero-order valence-electron chi connectivity index (χ0n) is 16.0. The first-order valence-corrected chi connectivity index (χ1v) is 9.60. The zero-order valence-corrected chi connectivity index (χ0v) is 16.8. The van der Waals surface area contributed by atoms with E-state index in [0.29, 0.717) is 27.9 Å². The summed E-state index contributed by atoms with van der Waals surface area (Å²) in [5.41, 5.74) is 6.55. The molecule has 0 aliphatic rings. The predicted octanol–water partition coefficient (Wildman–Crippen LogP) is 2.36. The fourth-order valence-corrected chi connectivity index (χ4v) is 2.97. The van der Waals surface area contributed by atoms with Gasteiger partial charge in [-0.3, -0.25) is 20.4 Å². The van der Waals surface area contributed by atoms with Crippen LogP contribution in [0.3, 0.4) is 0 Å². The molecule has 11 heteroatoms. The fourth-order valence-electron chi connectivity index (χ4n) is 2.74. The maximum atomic E-state index is 12.2. The van der Waals surface area contributed by atoms with Crippen LogP contribution < -0.4 is 10.9 Å². The first-order valence-electron chi connectivity index (χ1n) is 9.22. The Bertz CT molecular complexity index is 1190. The molecule has 4 aromatic rings. The number of hydrogen-bond donors (Lipinski definition) is 2. The summed E-state index contributed by atoms with van der Waals surface area (Å²) in [6, 6.07) is 13.8. The Balaban J connectivity index is 1.26. The van der Waals surface area contributed by atoms with Crippen LogP contribution in [-0.4, -0.2) is 37.0 Å². The summed E-state index contributed by atoms with van der Waals surface area (Å²) in [5.74, 6) is 0.0962. The number of aryl methyl sites for hydroxylation is 1. The van der Waals surface area contributed by atoms with E-state index in [1.807, 2.05) is 18.2 Å². The number of aromatic nitrogens is 5. The number of halogens is 1. The van der Waals surface area contributed by atoms with Crippen LogP contribution in [0.2, 0.25) is 5.02 Å². The van der Waals surface area contributed by atoms with E-state index in [1.54, 1.807) is 36.5 Å². The summed E-state index contributed by atoms with van der Waals surface area (Å²) in [5, 5.41) is 11.4. The Morgan fingerprint density at radius 2 is 1.87 bits per heavy atom. The van der Waals surface area contributed by atoms with Crippen molar-refractivity contribution in [1.82, 2.24) is 36.0 Å². The van der Waals surface area contributed by atoms with Gasteiger partial charge in [0.15, 0.2) is 11.7 Å². The molecule has 0 aliphatic carbocycles. The van der Waals surface area contributed by atoms with Gasteiger partial charge >= 0.3 is 0 Å². The summed E-state index contributed by atoms with van der Waals surface area (Å²) in [6.45, 7) is 0. The SMILES string of the molecule is O=C(CCc1ncc(-c2ccccc2Cl)o1)NNC(=O)c1ccc(-n2cnnn2)cc1. The highest BCUT2D eigenvalue weighted by molar-refractivity contribution is 6.33. The second-order valence-electron chi connectivity index (χ2n) is 6.40. The molecule has 0 fully saturated rings. The molecule has 4 rings (SSSR count). The molecule has 0 saturated carbocycles. The van der Waals surface area contributed by atoms with Crippen LogP contribution in [0.15, 0.2) is 65.5 Å². The molecule has 0 spiro atoms. The normalized spacial score (nSPS) is 10.6. The summed E-state index contributed by atoms with van der Waals surface area (Å²) >= 11 is 6.15. The van der Waals surface area contributed by atoms with Crippen molar-refractivity contribution >= 4 is 23.4 Å². The topological polar surface area (TPSA) is 128 Å². The van der Waals surface area contributed by atoms with Crippen LogP contribution in [0.25, 0.3) is 17.0 Å². The first kappa shape index (κ1) is 20.2. The average Bonchev–Trinajstić information content (AvgIpc) is 3.49. The van der Waals surface area contributed by atoms with Gasteiger partial charge in [0.05, 0.1) is 16.9 Å². The summed E-state index contributed by atoms with van der Waals surface area (Å²) in [7, 11) is 0. The van der Waals surface area contributed by atoms with Gasteiger partial charge in [-0.15, -0.1) is 5.10 Å². The van der Waals surface area contributed by atoms with Crippen molar-refractivity contribution in [2.24, 2.45) is 0 Å². The van der Waals surface area contributed by atoms with Crippen LogP contribution in [0.1, 0.15) is 22.7 Å². The molecule has 0 aliphatic heterocycles. The van der Waals surface area contributed by atoms with Gasteiger partial charge in [0, 0.05) is 24.0 Å². The van der Waals surface area contributed by atoms with E-state index >= 15 is 0 Å². The van der Waals surface area contributed by atoms with Gasteiger partial charge in [0.2, 0.25) is 5.91 Å². The molecule has 0 bridgehead atoms. The lowest BCUT2D eigenvalue weighted by Gasteiger charge is -2.07. The molecular weight excluding hydrogens is 422 g/mol. The molecule has 31 heavy (non-hydrogen) atoms. The predicted molar refractivity (Wildman–Crippen MR) is 110 cm³/mol. The van der Waals surface area contributed by atoms with Crippen LogP contribution in [-0.2, 0) is 11.2 Å². The van der Waals surface area contributed by atoms with Crippen molar-refractivity contribution < 1.29 is 14.0 Å². The van der Waals surface area contributed by atoms with E-state index in [4.69, 9.17) is 16.0 Å². The molecule has 0 radical (unpaired) electrons. The highest BCUT2D eigenvalue weighted by Gasteiger charge is 2.12. The van der Waals surface area contributed by atoms with E-state index in [9.17, 15) is 9.59 Å². The maximum Gasteiger partial charge on any atom is 0.269 e. The molecule has 2 heterocycles. The molecule has 2 aromatic carbocycles. The number of carbonyl (C=O) groups is 2. The van der Waals surface area contributed by atoms with Crippen molar-refractivity contribution in [2.75, 3.05) is 0 Å². The molecular formula is C20H16ClN7O3. The van der Waals surface area contributed by atoms with E-state index in [2.05, 4.69) is 31.4 Å². The number of oxazole rings is 1. The minimum Gasteiger partial charge on any atom is -0.441 e. The second-order valence-corrected chi connectivity index (χ2v) is 6.81. The van der Waals surface area contributed by atoms with Crippen LogP contribution in [0.4, 0.5) is 0 Å². The molecule has 2 amide bonds.